The van der Waals surface area contributed by atoms with Gasteiger partial charge in [-0.15, -0.1) is 0 Å². The minimum Gasteiger partial charge on any atom is -0.396 e. The molecule has 0 saturated carbocycles. The summed E-state index contributed by atoms with van der Waals surface area (Å²) >= 11 is 0. The molecule has 0 saturated heterocycles. The van der Waals surface area contributed by atoms with E-state index in [9.17, 15) is 4.79 Å². The molecule has 0 bridgehead atoms. The van der Waals surface area contributed by atoms with Crippen molar-refractivity contribution in [3.8, 4) is 11.3 Å². The van der Waals surface area contributed by atoms with Crippen molar-refractivity contribution in [2.45, 2.75) is 12.8 Å². The molecule has 2 aromatic heterocycles. The predicted molar refractivity (Wildman–Crippen MR) is 87.8 cm³/mol. The molecule has 0 radical (unpaired) electrons. The Bertz CT molecular complexity index is 864. The van der Waals surface area contributed by atoms with E-state index >= 15 is 0 Å². The molecule has 3 aromatic rings. The number of ketones is 1. The molecular weight excluding hydrogens is 292 g/mol. The van der Waals surface area contributed by atoms with Crippen LogP contribution in [0.2, 0.25) is 0 Å². The van der Waals surface area contributed by atoms with E-state index in [2.05, 4.69) is 15.0 Å². The molecule has 0 amide bonds. The highest BCUT2D eigenvalue weighted by molar-refractivity contribution is 5.97. The number of pyridine rings is 1. The Morgan fingerprint density at radius 1 is 1.17 bits per heavy atom. The first-order valence-electron chi connectivity index (χ1n) is 7.31. The number of carbonyl (C=O) groups is 1. The molecule has 6 nitrogen and oxygen atoms in total. The van der Waals surface area contributed by atoms with Gasteiger partial charge in [-0.1, -0.05) is 18.2 Å². The summed E-state index contributed by atoms with van der Waals surface area (Å²) in [4.78, 5) is 24.7. The smallest absolute Gasteiger partial charge is 0.162 e. The average Bonchev–Trinajstić information content (AvgIpc) is 2.60. The molecule has 116 valence electrons. The molecule has 3 rings (SSSR count). The van der Waals surface area contributed by atoms with Gasteiger partial charge in [-0.2, -0.15) is 0 Å². The van der Waals surface area contributed by atoms with E-state index in [0.717, 1.165) is 5.56 Å². The van der Waals surface area contributed by atoms with Crippen LogP contribution < -0.4 is 5.73 Å². The van der Waals surface area contributed by atoms with Crippen molar-refractivity contribution in [1.82, 2.24) is 15.0 Å². The quantitative estimate of drug-likeness (QED) is 0.701. The van der Waals surface area contributed by atoms with E-state index in [0.29, 0.717) is 41.0 Å². The lowest BCUT2D eigenvalue weighted by Crippen LogP contribution is -2.01. The van der Waals surface area contributed by atoms with Gasteiger partial charge in [0.2, 0.25) is 0 Å². The van der Waals surface area contributed by atoms with Crippen molar-refractivity contribution in [2.24, 2.45) is 0 Å². The average molecular weight is 308 g/mol. The van der Waals surface area contributed by atoms with Gasteiger partial charge in [0.1, 0.15) is 11.8 Å². The second kappa shape index (κ2) is 6.50. The third-order valence-corrected chi connectivity index (χ3v) is 3.55. The summed E-state index contributed by atoms with van der Waals surface area (Å²) < 4.78 is 0. The monoisotopic (exact) mass is 308 g/mol. The maximum Gasteiger partial charge on any atom is 0.162 e. The van der Waals surface area contributed by atoms with Gasteiger partial charge in [0, 0.05) is 24.2 Å². The van der Waals surface area contributed by atoms with Gasteiger partial charge in [0.05, 0.1) is 11.2 Å². The van der Waals surface area contributed by atoms with E-state index in [1.165, 1.54) is 6.33 Å². The Hall–Kier alpha value is -2.86. The van der Waals surface area contributed by atoms with E-state index < -0.39 is 0 Å². The van der Waals surface area contributed by atoms with Crippen molar-refractivity contribution >= 4 is 22.6 Å². The second-order valence-corrected chi connectivity index (χ2v) is 5.15. The van der Waals surface area contributed by atoms with E-state index in [-0.39, 0.29) is 12.4 Å². The van der Waals surface area contributed by atoms with Gasteiger partial charge >= 0.3 is 0 Å². The van der Waals surface area contributed by atoms with Crippen molar-refractivity contribution in [2.75, 3.05) is 12.3 Å². The first kappa shape index (κ1) is 15.1. The molecule has 0 aliphatic rings. The van der Waals surface area contributed by atoms with Crippen molar-refractivity contribution in [3.63, 3.8) is 0 Å². The number of anilines is 1. The first-order chi connectivity index (χ1) is 11.2. The molecule has 2 heterocycles. The van der Waals surface area contributed by atoms with Gasteiger partial charge in [-0.05, 0) is 24.6 Å². The summed E-state index contributed by atoms with van der Waals surface area (Å²) in [5.41, 5.74) is 9.20. The molecule has 23 heavy (non-hydrogen) atoms. The fourth-order valence-corrected chi connectivity index (χ4v) is 2.36. The fourth-order valence-electron chi connectivity index (χ4n) is 2.36. The Morgan fingerprint density at radius 3 is 2.87 bits per heavy atom. The molecule has 0 aliphatic carbocycles. The number of hydrogen-bond acceptors (Lipinski definition) is 6. The number of fused-ring (bicyclic) bond motifs is 1. The number of benzene rings is 1. The van der Waals surface area contributed by atoms with Crippen LogP contribution in [0.1, 0.15) is 23.2 Å². The van der Waals surface area contributed by atoms with Crippen LogP contribution in [0.4, 0.5) is 5.82 Å². The van der Waals surface area contributed by atoms with Crippen LogP contribution >= 0.6 is 0 Å². The van der Waals surface area contributed by atoms with Crippen LogP contribution in [-0.4, -0.2) is 32.4 Å². The minimum absolute atomic E-state index is 0.00420. The van der Waals surface area contributed by atoms with Crippen molar-refractivity contribution in [1.29, 1.82) is 0 Å². The zero-order valence-corrected chi connectivity index (χ0v) is 12.4. The number of Topliss-reactive ketones (excluding diaryl/α,β-unsaturated/α-hetero) is 1. The van der Waals surface area contributed by atoms with Crippen LogP contribution in [0, 0.1) is 0 Å². The predicted octanol–water partition coefficient (Wildman–Crippen LogP) is 2.23. The summed E-state index contributed by atoms with van der Waals surface area (Å²) in [6.07, 6.45) is 2.19. The van der Waals surface area contributed by atoms with Crippen molar-refractivity contribution < 1.29 is 9.90 Å². The van der Waals surface area contributed by atoms with Gasteiger partial charge in [0.25, 0.3) is 0 Å². The van der Waals surface area contributed by atoms with Crippen LogP contribution in [0.3, 0.4) is 0 Å². The highest BCUT2D eigenvalue weighted by atomic mass is 16.3. The zero-order chi connectivity index (χ0) is 16.2. The topological polar surface area (TPSA) is 102 Å². The summed E-state index contributed by atoms with van der Waals surface area (Å²) in [6.45, 7) is 0.0109. The van der Waals surface area contributed by atoms with Crippen LogP contribution in [0.5, 0.6) is 0 Å². The summed E-state index contributed by atoms with van der Waals surface area (Å²) in [5, 5.41) is 8.84. The Morgan fingerprint density at radius 2 is 2.04 bits per heavy atom. The summed E-state index contributed by atoms with van der Waals surface area (Å²) in [6, 6.07) is 10.9. The van der Waals surface area contributed by atoms with E-state index in [4.69, 9.17) is 10.8 Å². The van der Waals surface area contributed by atoms with Crippen LogP contribution in [0.25, 0.3) is 22.3 Å². The lowest BCUT2D eigenvalue weighted by Gasteiger charge is -2.06. The highest BCUT2D eigenvalue weighted by Gasteiger charge is 2.09. The Labute approximate surface area is 133 Å². The first-order valence-corrected chi connectivity index (χ1v) is 7.31. The maximum atomic E-state index is 12.1. The lowest BCUT2D eigenvalue weighted by atomic mass is 10.0. The summed E-state index contributed by atoms with van der Waals surface area (Å²) in [7, 11) is 0. The number of aliphatic hydroxyl groups excluding tert-OH is 1. The fraction of sp³-hybridized carbons (Fsp3) is 0.176. The van der Waals surface area contributed by atoms with Gasteiger partial charge < -0.3 is 10.8 Å². The lowest BCUT2D eigenvalue weighted by molar-refractivity contribution is 0.0971. The number of hydrogen-bond donors (Lipinski definition) is 2. The third-order valence-electron chi connectivity index (χ3n) is 3.55. The number of nitrogens with zero attached hydrogens (tertiary/aromatic N) is 3. The van der Waals surface area contributed by atoms with Gasteiger partial charge in [-0.25, -0.2) is 15.0 Å². The summed E-state index contributed by atoms with van der Waals surface area (Å²) in [5.74, 6) is 0.330. The molecule has 0 aliphatic heterocycles. The normalized spacial score (nSPS) is 10.8. The van der Waals surface area contributed by atoms with E-state index in [1.54, 1.807) is 12.1 Å². The third kappa shape index (κ3) is 3.17. The van der Waals surface area contributed by atoms with Gasteiger partial charge in [0.15, 0.2) is 11.6 Å². The molecule has 0 unspecified atom stereocenters. The number of nitrogens with two attached hydrogens (primary N) is 1. The van der Waals surface area contributed by atoms with E-state index in [1.807, 2.05) is 24.3 Å². The molecule has 0 fully saturated rings. The minimum atomic E-state index is 0.00420. The number of aliphatic hydroxyl groups is 1. The largest absolute Gasteiger partial charge is 0.396 e. The van der Waals surface area contributed by atoms with Crippen LogP contribution in [0.15, 0.2) is 42.7 Å². The Kier molecular flexibility index (Phi) is 4.25. The molecular formula is C17H16N4O2. The second-order valence-electron chi connectivity index (χ2n) is 5.15. The zero-order valence-electron chi connectivity index (χ0n) is 12.4. The number of nitrogen functional groups attached to an aromatic ring is 1. The Balaban J connectivity index is 1.98. The number of aromatic nitrogens is 3. The molecule has 0 spiro atoms. The van der Waals surface area contributed by atoms with Crippen LogP contribution in [-0.2, 0) is 0 Å². The number of rotatable bonds is 5. The molecule has 0 atom stereocenters. The SMILES string of the molecule is Nc1ncnc2ccc(-c3cccc(C(=O)CCCO)c3)nc12. The molecule has 6 heteroatoms. The maximum absolute atomic E-state index is 12.1. The molecule has 1 aromatic carbocycles. The number of carbonyl (C=O) groups excluding carboxylic acids is 1. The highest BCUT2D eigenvalue weighted by Crippen LogP contribution is 2.23. The van der Waals surface area contributed by atoms with Crippen molar-refractivity contribution in [3.05, 3.63) is 48.3 Å². The van der Waals surface area contributed by atoms with Gasteiger partial charge in [-0.3, -0.25) is 4.79 Å². The standard InChI is InChI=1S/C17H16N4O2/c18-17-16-14(19-10-20-17)7-6-13(21-16)11-3-1-4-12(9-11)15(23)5-2-8-22/h1,3-4,6-7,9-10,22H,2,5,8H2,(H2,18,19,20). The molecule has 3 N–H and O–H groups in total.